The van der Waals surface area contributed by atoms with Crippen molar-refractivity contribution >= 4 is 11.3 Å². The number of hydrogen-bond acceptors (Lipinski definition) is 2. The zero-order chi connectivity index (χ0) is 10.8. The number of benzene rings is 1. The predicted molar refractivity (Wildman–Crippen MR) is 59.5 cm³/mol. The number of aliphatic hydroxyl groups excluding tert-OH is 1. The average molecular weight is 222 g/mol. The Bertz CT molecular complexity index is 451. The summed E-state index contributed by atoms with van der Waals surface area (Å²) in [7, 11) is 0. The maximum atomic E-state index is 13.7. The zero-order valence-electron chi connectivity index (χ0n) is 8.27. The van der Waals surface area contributed by atoms with Crippen molar-refractivity contribution in [3.8, 4) is 0 Å². The topological polar surface area (TPSA) is 20.2 Å². The second-order valence-electron chi connectivity index (χ2n) is 3.40. The molecular weight excluding hydrogens is 211 g/mol. The van der Waals surface area contributed by atoms with E-state index >= 15 is 0 Å². The summed E-state index contributed by atoms with van der Waals surface area (Å²) in [5.74, 6) is -0.321. The van der Waals surface area contributed by atoms with Crippen LogP contribution in [0.5, 0.6) is 0 Å². The molecular formula is C12H11FOS. The molecule has 1 unspecified atom stereocenters. The quantitative estimate of drug-likeness (QED) is 0.826. The van der Waals surface area contributed by atoms with E-state index in [0.717, 1.165) is 4.88 Å². The molecule has 2 rings (SSSR count). The summed E-state index contributed by atoms with van der Waals surface area (Å²) in [5, 5.41) is 11.8. The lowest BCUT2D eigenvalue weighted by Gasteiger charge is -2.11. The fraction of sp³-hybridized carbons (Fsp3) is 0.167. The van der Waals surface area contributed by atoms with Crippen LogP contribution >= 0.6 is 11.3 Å². The molecule has 78 valence electrons. The highest BCUT2D eigenvalue weighted by molar-refractivity contribution is 7.10. The number of aryl methyl sites for hydroxylation is 1. The van der Waals surface area contributed by atoms with Gasteiger partial charge < -0.3 is 5.11 Å². The van der Waals surface area contributed by atoms with Crippen molar-refractivity contribution in [2.75, 3.05) is 0 Å². The van der Waals surface area contributed by atoms with E-state index in [1.54, 1.807) is 31.2 Å². The fourth-order valence-corrected chi connectivity index (χ4v) is 2.21. The van der Waals surface area contributed by atoms with Gasteiger partial charge in [-0.15, -0.1) is 11.3 Å². The van der Waals surface area contributed by atoms with E-state index in [1.165, 1.54) is 11.3 Å². The molecule has 1 aromatic carbocycles. The third kappa shape index (κ3) is 1.94. The molecule has 0 amide bonds. The SMILES string of the molecule is Cc1cccc(C(O)c2cccs2)c1F. The highest BCUT2D eigenvalue weighted by Gasteiger charge is 2.16. The van der Waals surface area contributed by atoms with Gasteiger partial charge >= 0.3 is 0 Å². The normalized spacial score (nSPS) is 12.7. The highest BCUT2D eigenvalue weighted by Crippen LogP contribution is 2.28. The molecule has 0 fully saturated rings. The number of hydrogen-bond donors (Lipinski definition) is 1. The molecule has 1 atom stereocenters. The van der Waals surface area contributed by atoms with Gasteiger partial charge in [0.05, 0.1) is 0 Å². The second kappa shape index (κ2) is 4.13. The van der Waals surface area contributed by atoms with E-state index in [1.807, 2.05) is 11.4 Å². The van der Waals surface area contributed by atoms with Crippen LogP contribution in [0.4, 0.5) is 4.39 Å². The van der Waals surface area contributed by atoms with Crippen molar-refractivity contribution in [2.24, 2.45) is 0 Å². The summed E-state index contributed by atoms with van der Waals surface area (Å²) in [6.45, 7) is 1.69. The lowest BCUT2D eigenvalue weighted by atomic mass is 10.0. The molecule has 3 heteroatoms. The molecule has 1 aromatic heterocycles. The molecule has 15 heavy (non-hydrogen) atoms. The maximum absolute atomic E-state index is 13.7. The van der Waals surface area contributed by atoms with Crippen LogP contribution < -0.4 is 0 Å². The maximum Gasteiger partial charge on any atom is 0.132 e. The Morgan fingerprint density at radius 2 is 2.07 bits per heavy atom. The summed E-state index contributed by atoms with van der Waals surface area (Å²) >= 11 is 1.42. The standard InChI is InChI=1S/C12H11FOS/c1-8-4-2-5-9(11(8)13)12(14)10-6-3-7-15-10/h2-7,12,14H,1H3. The van der Waals surface area contributed by atoms with Gasteiger partial charge in [-0.3, -0.25) is 0 Å². The molecule has 1 nitrogen and oxygen atoms in total. The van der Waals surface area contributed by atoms with Gasteiger partial charge in [-0.05, 0) is 23.9 Å². The third-order valence-corrected chi connectivity index (χ3v) is 3.25. The van der Waals surface area contributed by atoms with Crippen molar-refractivity contribution < 1.29 is 9.50 Å². The molecule has 1 N–H and O–H groups in total. The van der Waals surface area contributed by atoms with Crippen LogP contribution in [0, 0.1) is 12.7 Å². The molecule has 0 aliphatic heterocycles. The van der Waals surface area contributed by atoms with Crippen molar-refractivity contribution in [2.45, 2.75) is 13.0 Å². The first kappa shape index (κ1) is 10.3. The summed E-state index contributed by atoms with van der Waals surface area (Å²) < 4.78 is 13.7. The Hall–Kier alpha value is -1.19. The summed E-state index contributed by atoms with van der Waals surface area (Å²) in [6.07, 6.45) is -0.857. The number of aliphatic hydroxyl groups is 1. The minimum absolute atomic E-state index is 0.321. The summed E-state index contributed by atoms with van der Waals surface area (Å²) in [5.41, 5.74) is 0.903. The number of rotatable bonds is 2. The van der Waals surface area contributed by atoms with Crippen molar-refractivity contribution in [3.63, 3.8) is 0 Å². The van der Waals surface area contributed by atoms with Crippen LogP contribution in [0.1, 0.15) is 22.1 Å². The Morgan fingerprint density at radius 3 is 2.73 bits per heavy atom. The largest absolute Gasteiger partial charge is 0.383 e. The Balaban J connectivity index is 2.42. The monoisotopic (exact) mass is 222 g/mol. The van der Waals surface area contributed by atoms with Crippen molar-refractivity contribution in [1.82, 2.24) is 0 Å². The minimum atomic E-state index is -0.857. The second-order valence-corrected chi connectivity index (χ2v) is 4.38. The van der Waals surface area contributed by atoms with Gasteiger partial charge in [-0.25, -0.2) is 4.39 Å². The van der Waals surface area contributed by atoms with Gasteiger partial charge in [0.25, 0.3) is 0 Å². The first-order chi connectivity index (χ1) is 7.20. The number of thiophene rings is 1. The van der Waals surface area contributed by atoms with Crippen LogP contribution in [0.25, 0.3) is 0 Å². The van der Waals surface area contributed by atoms with Crippen molar-refractivity contribution in [1.29, 1.82) is 0 Å². The summed E-state index contributed by atoms with van der Waals surface area (Å²) in [4.78, 5) is 0.763. The lowest BCUT2D eigenvalue weighted by Crippen LogP contribution is -2.01. The molecule has 2 aromatic rings. The molecule has 1 heterocycles. The zero-order valence-corrected chi connectivity index (χ0v) is 9.09. The first-order valence-electron chi connectivity index (χ1n) is 4.66. The van der Waals surface area contributed by atoms with Crippen LogP contribution in [-0.2, 0) is 0 Å². The van der Waals surface area contributed by atoms with Gasteiger partial charge in [-0.2, -0.15) is 0 Å². The first-order valence-corrected chi connectivity index (χ1v) is 5.54. The van der Waals surface area contributed by atoms with E-state index in [9.17, 15) is 9.50 Å². The van der Waals surface area contributed by atoms with Crippen molar-refractivity contribution in [3.05, 3.63) is 57.5 Å². The Labute approximate surface area is 91.8 Å². The highest BCUT2D eigenvalue weighted by atomic mass is 32.1. The van der Waals surface area contributed by atoms with E-state index in [-0.39, 0.29) is 5.82 Å². The van der Waals surface area contributed by atoms with E-state index in [4.69, 9.17) is 0 Å². The Morgan fingerprint density at radius 1 is 1.27 bits per heavy atom. The molecule has 0 aliphatic carbocycles. The lowest BCUT2D eigenvalue weighted by molar-refractivity contribution is 0.218. The molecule has 0 aliphatic rings. The molecule has 0 bridgehead atoms. The fourth-order valence-electron chi connectivity index (χ4n) is 1.48. The van der Waals surface area contributed by atoms with Crippen LogP contribution in [0.2, 0.25) is 0 Å². The smallest absolute Gasteiger partial charge is 0.132 e. The van der Waals surface area contributed by atoms with Gasteiger partial charge in [0.15, 0.2) is 0 Å². The third-order valence-electron chi connectivity index (χ3n) is 2.33. The van der Waals surface area contributed by atoms with Gasteiger partial charge in [-0.1, -0.05) is 24.3 Å². The number of halogens is 1. The van der Waals surface area contributed by atoms with Gasteiger partial charge in [0.2, 0.25) is 0 Å². The van der Waals surface area contributed by atoms with Gasteiger partial charge in [0.1, 0.15) is 11.9 Å². The Kier molecular flexibility index (Phi) is 2.84. The van der Waals surface area contributed by atoms with Gasteiger partial charge in [0, 0.05) is 10.4 Å². The minimum Gasteiger partial charge on any atom is -0.383 e. The summed E-state index contributed by atoms with van der Waals surface area (Å²) in [6, 6.07) is 8.71. The predicted octanol–water partition coefficient (Wildman–Crippen LogP) is 3.28. The van der Waals surface area contributed by atoms with Crippen LogP contribution in [0.3, 0.4) is 0 Å². The van der Waals surface area contributed by atoms with E-state index < -0.39 is 6.10 Å². The van der Waals surface area contributed by atoms with E-state index in [2.05, 4.69) is 0 Å². The van der Waals surface area contributed by atoms with E-state index in [0.29, 0.717) is 11.1 Å². The molecule has 0 radical (unpaired) electrons. The molecule has 0 saturated heterocycles. The molecule has 0 spiro atoms. The average Bonchev–Trinajstić information content (AvgIpc) is 2.74. The van der Waals surface area contributed by atoms with Crippen LogP contribution in [-0.4, -0.2) is 5.11 Å². The van der Waals surface area contributed by atoms with Crippen LogP contribution in [0.15, 0.2) is 35.7 Å². The molecule has 0 saturated carbocycles.